The molecule has 8 heteroatoms. The Kier molecular flexibility index (Phi) is 9.89. The van der Waals surface area contributed by atoms with Crippen LogP contribution in [0.15, 0.2) is 42.5 Å². The van der Waals surface area contributed by atoms with E-state index in [2.05, 4.69) is 5.32 Å². The summed E-state index contributed by atoms with van der Waals surface area (Å²) in [6, 6.07) is 12.8. The molecule has 0 saturated heterocycles. The van der Waals surface area contributed by atoms with E-state index in [0.717, 1.165) is 22.3 Å². The molecule has 0 aliphatic rings. The maximum atomic E-state index is 13.4. The monoisotopic (exact) mass is 501 g/mol. The fourth-order valence-corrected chi connectivity index (χ4v) is 4.94. The highest BCUT2D eigenvalue weighted by atomic mass is 32.2. The number of aryl methyl sites for hydroxylation is 3. The van der Waals surface area contributed by atoms with Crippen molar-refractivity contribution in [3.63, 3.8) is 0 Å². The Hall–Kier alpha value is -2.87. The van der Waals surface area contributed by atoms with Gasteiger partial charge in [0.15, 0.2) is 0 Å². The van der Waals surface area contributed by atoms with E-state index in [1.807, 2.05) is 77.1 Å². The molecule has 0 aliphatic heterocycles. The predicted octanol–water partition coefficient (Wildman–Crippen LogP) is 4.10. The van der Waals surface area contributed by atoms with Crippen LogP contribution in [-0.4, -0.2) is 50.0 Å². The molecule has 2 aromatic rings. The van der Waals surface area contributed by atoms with E-state index in [1.54, 1.807) is 11.8 Å². The molecule has 0 spiro atoms. The molecule has 1 atom stereocenters. The van der Waals surface area contributed by atoms with Crippen LogP contribution in [0.5, 0.6) is 0 Å². The molecule has 0 aromatic heterocycles. The van der Waals surface area contributed by atoms with E-state index in [1.165, 1.54) is 10.6 Å². The van der Waals surface area contributed by atoms with Crippen molar-refractivity contribution < 1.29 is 18.0 Å². The molecule has 0 aliphatic carbocycles. The largest absolute Gasteiger partial charge is 0.352 e. The summed E-state index contributed by atoms with van der Waals surface area (Å²) >= 11 is 0. The van der Waals surface area contributed by atoms with Gasteiger partial charge in [-0.1, -0.05) is 36.4 Å². The first kappa shape index (κ1) is 28.4. The third-order valence-electron chi connectivity index (χ3n) is 5.99. The topological polar surface area (TPSA) is 86.8 Å². The summed E-state index contributed by atoms with van der Waals surface area (Å²) in [5, 5.41) is 2.89. The SMILES string of the molecule is Cc1ccc(C)c(N(CCCC(=O)N(Cc2ccccc2C)C(C)C(=O)NC(C)C)S(C)(=O)=O)c1. The van der Waals surface area contributed by atoms with Crippen LogP contribution < -0.4 is 9.62 Å². The van der Waals surface area contributed by atoms with Gasteiger partial charge >= 0.3 is 0 Å². The van der Waals surface area contributed by atoms with Crippen LogP contribution in [0.3, 0.4) is 0 Å². The summed E-state index contributed by atoms with van der Waals surface area (Å²) in [5.74, 6) is -0.399. The molecule has 35 heavy (non-hydrogen) atoms. The molecule has 192 valence electrons. The Bertz CT molecular complexity index is 1140. The third-order valence-corrected chi connectivity index (χ3v) is 7.17. The number of carbonyl (C=O) groups is 2. The zero-order valence-electron chi connectivity index (χ0n) is 22.0. The van der Waals surface area contributed by atoms with Crippen LogP contribution in [0.4, 0.5) is 5.69 Å². The summed E-state index contributed by atoms with van der Waals surface area (Å²) in [6.07, 6.45) is 1.64. The molecular formula is C27H39N3O4S. The van der Waals surface area contributed by atoms with Gasteiger partial charge in [-0.3, -0.25) is 13.9 Å². The van der Waals surface area contributed by atoms with Crippen molar-refractivity contribution in [3.8, 4) is 0 Å². The highest BCUT2D eigenvalue weighted by molar-refractivity contribution is 7.92. The number of hydrogen-bond acceptors (Lipinski definition) is 4. The van der Waals surface area contributed by atoms with Gasteiger partial charge in [-0.25, -0.2) is 8.42 Å². The van der Waals surface area contributed by atoms with E-state index >= 15 is 0 Å². The number of hydrogen-bond donors (Lipinski definition) is 1. The van der Waals surface area contributed by atoms with Crippen LogP contribution in [0.2, 0.25) is 0 Å². The fraction of sp³-hybridized carbons (Fsp3) is 0.481. The molecule has 2 amide bonds. The smallest absolute Gasteiger partial charge is 0.242 e. The van der Waals surface area contributed by atoms with Crippen LogP contribution in [0, 0.1) is 20.8 Å². The lowest BCUT2D eigenvalue weighted by Gasteiger charge is -2.30. The fourth-order valence-electron chi connectivity index (χ4n) is 3.93. The summed E-state index contributed by atoms with van der Waals surface area (Å²) < 4.78 is 26.5. The summed E-state index contributed by atoms with van der Waals surface area (Å²) in [6.45, 7) is 11.7. The quantitative estimate of drug-likeness (QED) is 0.502. The van der Waals surface area contributed by atoms with Gasteiger partial charge in [0, 0.05) is 25.6 Å². The Balaban J connectivity index is 2.22. The lowest BCUT2D eigenvalue weighted by atomic mass is 10.1. The number of carbonyl (C=O) groups excluding carboxylic acids is 2. The van der Waals surface area contributed by atoms with E-state index < -0.39 is 16.1 Å². The van der Waals surface area contributed by atoms with E-state index in [0.29, 0.717) is 18.7 Å². The molecule has 0 heterocycles. The lowest BCUT2D eigenvalue weighted by molar-refractivity contribution is -0.140. The Labute approximate surface area is 210 Å². The lowest BCUT2D eigenvalue weighted by Crippen LogP contribution is -2.49. The van der Waals surface area contributed by atoms with Crippen molar-refractivity contribution >= 4 is 27.5 Å². The van der Waals surface area contributed by atoms with Crippen LogP contribution in [0.25, 0.3) is 0 Å². The van der Waals surface area contributed by atoms with E-state index in [9.17, 15) is 18.0 Å². The molecule has 1 N–H and O–H groups in total. The highest BCUT2D eigenvalue weighted by Crippen LogP contribution is 2.25. The molecule has 0 fully saturated rings. The van der Waals surface area contributed by atoms with Gasteiger partial charge in [0.2, 0.25) is 21.8 Å². The van der Waals surface area contributed by atoms with Gasteiger partial charge in [-0.05, 0) is 76.3 Å². The Morgan fingerprint density at radius 3 is 2.23 bits per heavy atom. The average molecular weight is 502 g/mol. The van der Waals surface area contributed by atoms with E-state index in [4.69, 9.17) is 0 Å². The maximum Gasteiger partial charge on any atom is 0.242 e. The van der Waals surface area contributed by atoms with Gasteiger partial charge in [-0.2, -0.15) is 0 Å². The van der Waals surface area contributed by atoms with Gasteiger partial charge < -0.3 is 10.2 Å². The zero-order chi connectivity index (χ0) is 26.3. The minimum atomic E-state index is -3.53. The standard InChI is InChI=1S/C27H39N3O4S/c1-19(2)28-27(32)23(6)29(18-24-12-9-8-11-21(24)4)26(31)13-10-16-30(35(7,33)34)25-17-20(3)14-15-22(25)5/h8-9,11-12,14-15,17,19,23H,10,13,16,18H2,1-7H3,(H,28,32). The first-order valence-electron chi connectivity index (χ1n) is 12.0. The van der Waals surface area contributed by atoms with Crippen molar-refractivity contribution in [3.05, 3.63) is 64.7 Å². The minimum absolute atomic E-state index is 0.0405. The van der Waals surface area contributed by atoms with Crippen LogP contribution in [0.1, 0.15) is 55.9 Å². The summed E-state index contributed by atoms with van der Waals surface area (Å²) in [4.78, 5) is 27.7. The second kappa shape index (κ2) is 12.2. The second-order valence-electron chi connectivity index (χ2n) is 9.52. The number of amides is 2. The second-order valence-corrected chi connectivity index (χ2v) is 11.4. The van der Waals surface area contributed by atoms with Crippen molar-refractivity contribution in [2.75, 3.05) is 17.1 Å². The Morgan fingerprint density at radius 1 is 0.971 bits per heavy atom. The molecule has 0 radical (unpaired) electrons. The highest BCUT2D eigenvalue weighted by Gasteiger charge is 2.27. The number of rotatable bonds is 11. The maximum absolute atomic E-state index is 13.4. The number of nitrogens with one attached hydrogen (secondary N) is 1. The molecule has 2 rings (SSSR count). The number of benzene rings is 2. The van der Waals surface area contributed by atoms with Gasteiger partial charge in [0.1, 0.15) is 6.04 Å². The first-order valence-corrected chi connectivity index (χ1v) is 13.9. The minimum Gasteiger partial charge on any atom is -0.352 e. The van der Waals surface area contributed by atoms with Crippen LogP contribution >= 0.6 is 0 Å². The molecule has 1 unspecified atom stereocenters. The number of sulfonamides is 1. The van der Waals surface area contributed by atoms with Gasteiger partial charge in [0.25, 0.3) is 0 Å². The average Bonchev–Trinajstić information content (AvgIpc) is 2.76. The molecular weight excluding hydrogens is 462 g/mol. The van der Waals surface area contributed by atoms with Crippen molar-refractivity contribution in [1.82, 2.24) is 10.2 Å². The molecule has 0 bridgehead atoms. The van der Waals surface area contributed by atoms with Crippen LogP contribution in [-0.2, 0) is 26.2 Å². The van der Waals surface area contributed by atoms with Gasteiger partial charge in [-0.15, -0.1) is 0 Å². The first-order chi connectivity index (χ1) is 16.3. The molecule has 0 saturated carbocycles. The van der Waals surface area contributed by atoms with Crippen molar-refractivity contribution in [2.24, 2.45) is 0 Å². The van der Waals surface area contributed by atoms with E-state index in [-0.39, 0.29) is 30.8 Å². The third kappa shape index (κ3) is 8.09. The Morgan fingerprint density at radius 2 is 1.63 bits per heavy atom. The van der Waals surface area contributed by atoms with Crippen molar-refractivity contribution in [2.45, 2.75) is 73.0 Å². The molecule has 7 nitrogen and oxygen atoms in total. The van der Waals surface area contributed by atoms with Gasteiger partial charge in [0.05, 0.1) is 11.9 Å². The summed E-state index contributed by atoms with van der Waals surface area (Å²) in [5.41, 5.74) is 4.46. The number of nitrogens with zero attached hydrogens (tertiary/aromatic N) is 2. The number of anilines is 1. The normalized spacial score (nSPS) is 12.3. The zero-order valence-corrected chi connectivity index (χ0v) is 22.8. The summed E-state index contributed by atoms with van der Waals surface area (Å²) in [7, 11) is -3.53. The molecule has 2 aromatic carbocycles. The van der Waals surface area contributed by atoms with Crippen molar-refractivity contribution in [1.29, 1.82) is 0 Å². The predicted molar refractivity (Wildman–Crippen MR) is 142 cm³/mol.